The van der Waals surface area contributed by atoms with Gasteiger partial charge < -0.3 is 0 Å². The van der Waals surface area contributed by atoms with Gasteiger partial charge in [-0.05, 0) is 0 Å². The number of halogens is 3. The van der Waals surface area contributed by atoms with E-state index in [0.717, 1.165) is 0 Å². The molecule has 4 heavy (non-hydrogen) atoms. The van der Waals surface area contributed by atoms with Crippen LogP contribution in [0, 0.1) is 0 Å². The van der Waals surface area contributed by atoms with Gasteiger partial charge in [0, 0.05) is 0 Å². The standard InChI is InChI=1S/ClH.2HI.Ir/h3*1H;/q;;;+3/p-3. The molecule has 4 heteroatoms. The van der Waals surface area contributed by atoms with E-state index in [-0.39, 0.29) is 0 Å². The summed E-state index contributed by atoms with van der Waals surface area (Å²) in [7, 11) is 4.49. The zero-order chi connectivity index (χ0) is 3.58. The Hall–Kier alpha value is 2.40. The molecule has 0 saturated heterocycles. The molecule has 0 aromatic carbocycles. The van der Waals surface area contributed by atoms with Crippen LogP contribution in [0.15, 0.2) is 0 Å². The zero-order valence-electron chi connectivity index (χ0n) is 1.47. The maximum absolute atomic E-state index is 5.41. The molecular weight excluding hydrogens is 481 g/mol. The molecular formula is ClI2Ir. The Morgan fingerprint density at radius 2 is 1.50 bits per heavy atom. The summed E-state index contributed by atoms with van der Waals surface area (Å²) in [6.45, 7) is 0. The summed E-state index contributed by atoms with van der Waals surface area (Å²) in [5, 5.41) is 0. The summed E-state index contributed by atoms with van der Waals surface area (Å²) in [5.41, 5.74) is 0. The fraction of sp³-hybridized carbons (Fsp3) is 0. The molecule has 0 nitrogen and oxygen atoms in total. The zero-order valence-corrected chi connectivity index (χ0v) is 8.93. The van der Waals surface area contributed by atoms with E-state index >= 15 is 0 Å². The summed E-state index contributed by atoms with van der Waals surface area (Å²) in [6.07, 6.45) is 0. The summed E-state index contributed by atoms with van der Waals surface area (Å²) in [4.78, 5) is 0. The quantitative estimate of drug-likeness (QED) is 0.467. The number of rotatable bonds is 0. The molecule has 0 aromatic rings. The molecule has 0 rings (SSSR count). The van der Waals surface area contributed by atoms with Gasteiger partial charge in [-0.3, -0.25) is 0 Å². The monoisotopic (exact) mass is 482 g/mol. The number of hydrogen-bond donors (Lipinski definition) is 0. The maximum atomic E-state index is 5.41. The van der Waals surface area contributed by atoms with Crippen molar-refractivity contribution in [2.24, 2.45) is 0 Å². The van der Waals surface area contributed by atoms with Gasteiger partial charge in [0.15, 0.2) is 0 Å². The predicted octanol–water partition coefficient (Wildman–Crippen LogP) is 2.46. The van der Waals surface area contributed by atoms with Crippen LogP contribution in [0.25, 0.3) is 0 Å². The molecule has 0 unspecified atom stereocenters. The van der Waals surface area contributed by atoms with Gasteiger partial charge in [-0.25, -0.2) is 0 Å². The van der Waals surface area contributed by atoms with E-state index in [9.17, 15) is 0 Å². The Morgan fingerprint density at radius 1 is 1.50 bits per heavy atom. The average molecular weight is 481 g/mol. The van der Waals surface area contributed by atoms with E-state index in [1.165, 1.54) is 0 Å². The van der Waals surface area contributed by atoms with Crippen molar-refractivity contribution in [2.45, 2.75) is 0 Å². The summed E-state index contributed by atoms with van der Waals surface area (Å²) in [5.74, 6) is 0. The summed E-state index contributed by atoms with van der Waals surface area (Å²) < 4.78 is 0. The minimum absolute atomic E-state index is 0.921. The van der Waals surface area contributed by atoms with Gasteiger partial charge in [0.05, 0.1) is 0 Å². The molecule has 0 atom stereocenters. The van der Waals surface area contributed by atoms with Gasteiger partial charge in [-0.15, -0.1) is 0 Å². The van der Waals surface area contributed by atoms with E-state index in [0.29, 0.717) is 0 Å². The van der Waals surface area contributed by atoms with Crippen molar-refractivity contribution in [2.75, 3.05) is 0 Å². The van der Waals surface area contributed by atoms with Crippen LogP contribution in [0.5, 0.6) is 0 Å². The van der Waals surface area contributed by atoms with E-state index in [1.807, 2.05) is 0 Å². The van der Waals surface area contributed by atoms with Crippen LogP contribution in [0.3, 0.4) is 0 Å². The Balaban J connectivity index is 2.32. The van der Waals surface area contributed by atoms with Crippen molar-refractivity contribution in [1.82, 2.24) is 0 Å². The molecule has 0 radical (unpaired) electrons. The molecule has 0 N–H and O–H groups in total. The Bertz CT molecular complexity index is 10.8. The first-order valence-electron chi connectivity index (χ1n) is 0.378. The second kappa shape index (κ2) is 3.58. The van der Waals surface area contributed by atoms with Gasteiger partial charge in [0.1, 0.15) is 0 Å². The second-order valence-corrected chi connectivity index (χ2v) is 33.2. The SMILES string of the molecule is [Cl][Ir]([I])[I]. The minimum atomic E-state index is -0.921. The Kier molecular flexibility index (Phi) is 5.73. The molecule has 0 saturated carbocycles. The van der Waals surface area contributed by atoms with Crippen molar-refractivity contribution in [3.05, 3.63) is 0 Å². The first kappa shape index (κ1) is 6.40. The molecule has 0 heterocycles. The molecule has 0 amide bonds. The van der Waals surface area contributed by atoms with Crippen LogP contribution >= 0.6 is 48.8 Å². The molecule has 0 spiro atoms. The van der Waals surface area contributed by atoms with Crippen LogP contribution in [-0.4, -0.2) is 0 Å². The normalized spacial score (nSPS) is 11.2. The van der Waals surface area contributed by atoms with Gasteiger partial charge in [0.25, 0.3) is 0 Å². The fourth-order valence-corrected chi connectivity index (χ4v) is 0. The predicted molar refractivity (Wildman–Crippen MR) is 33.9 cm³/mol. The third-order valence-corrected chi connectivity index (χ3v) is 0. The van der Waals surface area contributed by atoms with Crippen LogP contribution in [0.2, 0.25) is 0 Å². The molecule has 0 aliphatic heterocycles. The van der Waals surface area contributed by atoms with Crippen molar-refractivity contribution < 1.29 is 8.32 Å². The van der Waals surface area contributed by atoms with E-state index in [1.54, 1.807) is 0 Å². The first-order chi connectivity index (χ1) is 1.73. The van der Waals surface area contributed by atoms with Crippen molar-refractivity contribution in [3.63, 3.8) is 0 Å². The van der Waals surface area contributed by atoms with Gasteiger partial charge in [-0.2, -0.15) is 0 Å². The van der Waals surface area contributed by atoms with E-state index in [2.05, 4.69) is 39.2 Å². The van der Waals surface area contributed by atoms with E-state index < -0.39 is 8.32 Å². The molecule has 0 aliphatic carbocycles. The van der Waals surface area contributed by atoms with Crippen molar-refractivity contribution >= 4 is 48.8 Å². The van der Waals surface area contributed by atoms with Crippen LogP contribution < -0.4 is 0 Å². The average Bonchev–Trinajstić information content (AvgIpc) is 0.811. The Morgan fingerprint density at radius 3 is 1.50 bits per heavy atom. The molecule has 0 aromatic heterocycles. The molecule has 30 valence electrons. The molecule has 0 aliphatic rings. The molecule has 0 bridgehead atoms. The fourth-order valence-electron chi connectivity index (χ4n) is 0. The van der Waals surface area contributed by atoms with Gasteiger partial charge >= 0.3 is 57.1 Å². The van der Waals surface area contributed by atoms with Crippen molar-refractivity contribution in [1.29, 1.82) is 0 Å². The topological polar surface area (TPSA) is 0 Å². The third-order valence-electron chi connectivity index (χ3n) is 0. The van der Waals surface area contributed by atoms with Gasteiger partial charge in [-0.1, -0.05) is 0 Å². The second-order valence-electron chi connectivity index (χ2n) is 0.143. The Labute approximate surface area is 55.9 Å². The third kappa shape index (κ3) is 8.83. The van der Waals surface area contributed by atoms with E-state index in [4.69, 9.17) is 9.58 Å². The molecule has 0 fully saturated rings. The summed E-state index contributed by atoms with van der Waals surface area (Å²) in [6, 6.07) is 0. The summed E-state index contributed by atoms with van der Waals surface area (Å²) >= 11 is 4.52. The van der Waals surface area contributed by atoms with Crippen LogP contribution in [0.4, 0.5) is 0 Å². The van der Waals surface area contributed by atoms with Crippen LogP contribution in [0.1, 0.15) is 0 Å². The first-order valence-corrected chi connectivity index (χ1v) is 16.9. The number of hydrogen-bond acceptors (Lipinski definition) is 0. The van der Waals surface area contributed by atoms with Crippen LogP contribution in [-0.2, 0) is 8.32 Å². The van der Waals surface area contributed by atoms with Crippen molar-refractivity contribution in [3.8, 4) is 0 Å². The van der Waals surface area contributed by atoms with Gasteiger partial charge in [0.2, 0.25) is 0 Å².